The van der Waals surface area contributed by atoms with Crippen molar-refractivity contribution in [3.63, 3.8) is 0 Å². The number of carboxylic acids is 1. The van der Waals surface area contributed by atoms with Crippen molar-refractivity contribution in [2.45, 2.75) is 32.3 Å². The van der Waals surface area contributed by atoms with E-state index >= 15 is 0 Å². The molecule has 0 bridgehead atoms. The third-order valence-electron chi connectivity index (χ3n) is 3.33. The number of carbonyl (C=O) groups excluding carboxylic acids is 2. The Hall–Kier alpha value is -2.57. The number of carbonyl (C=O) groups is 3. The van der Waals surface area contributed by atoms with Gasteiger partial charge in [0.05, 0.1) is 0 Å². The fraction of sp³-hybridized carbons (Fsp3) is 0.471. The molecule has 0 unspecified atom stereocenters. The summed E-state index contributed by atoms with van der Waals surface area (Å²) in [6, 6.07) is 8.89. The quantitative estimate of drug-likeness (QED) is 0.669. The second-order valence-corrected chi connectivity index (χ2v) is 5.46. The minimum atomic E-state index is -1.30. The Labute approximate surface area is 141 Å². The number of aliphatic carboxylic acids is 1. The highest BCUT2D eigenvalue weighted by Crippen LogP contribution is 2.08. The predicted octanol–water partition coefficient (Wildman–Crippen LogP) is 1.67. The molecule has 1 aromatic carbocycles. The van der Waals surface area contributed by atoms with Gasteiger partial charge in [-0.25, -0.2) is 9.59 Å². The molecule has 0 radical (unpaired) electrons. The van der Waals surface area contributed by atoms with Gasteiger partial charge in [-0.15, -0.1) is 0 Å². The topological polar surface area (TPSA) is 95.9 Å². The van der Waals surface area contributed by atoms with Gasteiger partial charge in [-0.05, 0) is 12.0 Å². The number of amides is 2. The van der Waals surface area contributed by atoms with Crippen LogP contribution in [0.2, 0.25) is 0 Å². The maximum Gasteiger partial charge on any atom is 0.410 e. The van der Waals surface area contributed by atoms with E-state index in [0.717, 1.165) is 23.3 Å². The molecule has 1 aromatic rings. The molecular weight excluding hydrogens is 312 g/mol. The molecule has 7 heteroatoms. The zero-order chi connectivity index (χ0) is 17.9. The molecule has 24 heavy (non-hydrogen) atoms. The normalized spacial score (nSPS) is 11.4. The zero-order valence-electron chi connectivity index (χ0n) is 14.0. The molecule has 0 aliphatic rings. The zero-order valence-corrected chi connectivity index (χ0v) is 14.0. The van der Waals surface area contributed by atoms with Gasteiger partial charge in [-0.1, -0.05) is 43.7 Å². The van der Waals surface area contributed by atoms with E-state index in [1.54, 1.807) is 24.3 Å². The van der Waals surface area contributed by atoms with Gasteiger partial charge in [-0.2, -0.15) is 0 Å². The molecule has 7 nitrogen and oxygen atoms in total. The Morgan fingerprint density at radius 1 is 1.25 bits per heavy atom. The number of nitrogens with zero attached hydrogens (tertiary/aromatic N) is 1. The first-order chi connectivity index (χ1) is 11.4. The van der Waals surface area contributed by atoms with Crippen LogP contribution in [0.25, 0.3) is 0 Å². The van der Waals surface area contributed by atoms with Crippen LogP contribution in [0.5, 0.6) is 0 Å². The van der Waals surface area contributed by atoms with Crippen LogP contribution in [-0.2, 0) is 20.7 Å². The largest absolute Gasteiger partial charge is 0.478 e. The summed E-state index contributed by atoms with van der Waals surface area (Å²) in [5.74, 6) is -1.54. The molecule has 2 amide bonds. The minimum Gasteiger partial charge on any atom is -0.478 e. The molecule has 0 spiro atoms. The second kappa shape index (κ2) is 10.3. The highest BCUT2D eigenvalue weighted by molar-refractivity contribution is 5.83. The van der Waals surface area contributed by atoms with Gasteiger partial charge in [0.2, 0.25) is 12.0 Å². The lowest BCUT2D eigenvalue weighted by molar-refractivity contribution is -0.147. The monoisotopic (exact) mass is 336 g/mol. The van der Waals surface area contributed by atoms with E-state index in [1.165, 1.54) is 7.05 Å². The third kappa shape index (κ3) is 7.13. The van der Waals surface area contributed by atoms with E-state index in [4.69, 9.17) is 4.74 Å². The predicted molar refractivity (Wildman–Crippen MR) is 88.6 cm³/mol. The molecule has 2 N–H and O–H groups in total. The molecular formula is C17H24N2O5. The lowest BCUT2D eigenvalue weighted by atomic mass is 10.1. The molecule has 0 heterocycles. The summed E-state index contributed by atoms with van der Waals surface area (Å²) in [6.07, 6.45) is -0.261. The van der Waals surface area contributed by atoms with Crippen LogP contribution in [0.15, 0.2) is 30.3 Å². The van der Waals surface area contributed by atoms with Gasteiger partial charge < -0.3 is 20.1 Å². The van der Waals surface area contributed by atoms with Gasteiger partial charge in [0.25, 0.3) is 0 Å². The first-order valence-corrected chi connectivity index (χ1v) is 7.89. The standard InChI is InChI=1S/C17H24N2O5/c1-3-4-10-18-15(20)12-19(2)17(23)24-14(16(21)22)11-13-8-6-5-7-9-13/h5-9,14H,3-4,10-12H2,1-2H3,(H,18,20)(H,21,22)/t14-/m0/s1. The van der Waals surface area contributed by atoms with E-state index in [9.17, 15) is 19.5 Å². The van der Waals surface area contributed by atoms with Gasteiger partial charge >= 0.3 is 12.1 Å². The van der Waals surface area contributed by atoms with E-state index in [-0.39, 0.29) is 18.9 Å². The van der Waals surface area contributed by atoms with Crippen molar-refractivity contribution in [3.05, 3.63) is 35.9 Å². The maximum atomic E-state index is 12.0. The van der Waals surface area contributed by atoms with Crippen LogP contribution < -0.4 is 5.32 Å². The van der Waals surface area contributed by atoms with Crippen LogP contribution in [-0.4, -0.2) is 54.2 Å². The smallest absolute Gasteiger partial charge is 0.410 e. The summed E-state index contributed by atoms with van der Waals surface area (Å²) >= 11 is 0. The molecule has 1 rings (SSSR count). The molecule has 0 saturated heterocycles. The van der Waals surface area contributed by atoms with E-state index < -0.39 is 18.2 Å². The number of carboxylic acid groups (broad SMARTS) is 1. The summed E-state index contributed by atoms with van der Waals surface area (Å²) < 4.78 is 5.01. The van der Waals surface area contributed by atoms with Crippen molar-refractivity contribution in [2.24, 2.45) is 0 Å². The molecule has 0 aliphatic heterocycles. The van der Waals surface area contributed by atoms with E-state index in [2.05, 4.69) is 5.32 Å². The number of nitrogens with one attached hydrogen (secondary N) is 1. The van der Waals surface area contributed by atoms with Crippen molar-refractivity contribution in [2.75, 3.05) is 20.1 Å². The fourth-order valence-electron chi connectivity index (χ4n) is 1.96. The minimum absolute atomic E-state index is 0.0679. The van der Waals surface area contributed by atoms with Gasteiger partial charge in [0.1, 0.15) is 6.54 Å². The molecule has 0 aliphatic carbocycles. The summed E-state index contributed by atoms with van der Waals surface area (Å²) in [6.45, 7) is 2.37. The molecule has 0 aromatic heterocycles. The second-order valence-electron chi connectivity index (χ2n) is 5.46. The summed E-state index contributed by atoms with van der Waals surface area (Å²) in [5, 5.41) is 11.9. The lowest BCUT2D eigenvalue weighted by Crippen LogP contribution is -2.41. The average Bonchev–Trinajstić information content (AvgIpc) is 2.55. The number of hydrogen-bond donors (Lipinski definition) is 2. The highest BCUT2D eigenvalue weighted by atomic mass is 16.6. The number of likely N-dealkylation sites (N-methyl/N-ethyl adjacent to an activating group) is 1. The molecule has 132 valence electrons. The molecule has 1 atom stereocenters. The SMILES string of the molecule is CCCCNC(=O)CN(C)C(=O)O[C@@H](Cc1ccccc1)C(=O)O. The average molecular weight is 336 g/mol. The first-order valence-electron chi connectivity index (χ1n) is 7.89. The number of benzene rings is 1. The van der Waals surface area contributed by atoms with Crippen LogP contribution >= 0.6 is 0 Å². The van der Waals surface area contributed by atoms with Crippen molar-refractivity contribution in [1.29, 1.82) is 0 Å². The highest BCUT2D eigenvalue weighted by Gasteiger charge is 2.25. The third-order valence-corrected chi connectivity index (χ3v) is 3.33. The van der Waals surface area contributed by atoms with Gasteiger partial charge in [0.15, 0.2) is 0 Å². The summed E-state index contributed by atoms with van der Waals surface area (Å²) in [4.78, 5) is 36.0. The van der Waals surface area contributed by atoms with Crippen LogP contribution in [0.4, 0.5) is 4.79 Å². The lowest BCUT2D eigenvalue weighted by Gasteiger charge is -2.20. The van der Waals surface area contributed by atoms with Crippen molar-refractivity contribution >= 4 is 18.0 Å². The molecule has 0 saturated carbocycles. The van der Waals surface area contributed by atoms with Gasteiger partial charge in [-0.3, -0.25) is 4.79 Å². The summed E-state index contributed by atoms with van der Waals surface area (Å²) in [7, 11) is 1.39. The van der Waals surface area contributed by atoms with Gasteiger partial charge in [0, 0.05) is 20.0 Å². The molecule has 0 fully saturated rings. The number of unbranched alkanes of at least 4 members (excludes halogenated alkanes) is 1. The number of hydrogen-bond acceptors (Lipinski definition) is 4. The van der Waals surface area contributed by atoms with Crippen LogP contribution in [0.1, 0.15) is 25.3 Å². The van der Waals surface area contributed by atoms with E-state index in [0.29, 0.717) is 6.54 Å². The Bertz CT molecular complexity index is 547. The van der Waals surface area contributed by atoms with Crippen molar-refractivity contribution in [1.82, 2.24) is 10.2 Å². The van der Waals surface area contributed by atoms with Crippen LogP contribution in [0, 0.1) is 0 Å². The van der Waals surface area contributed by atoms with Crippen LogP contribution in [0.3, 0.4) is 0 Å². The Morgan fingerprint density at radius 3 is 2.50 bits per heavy atom. The maximum absolute atomic E-state index is 12.0. The number of rotatable bonds is 9. The van der Waals surface area contributed by atoms with E-state index in [1.807, 2.05) is 13.0 Å². The first kappa shape index (κ1) is 19.5. The Kier molecular flexibility index (Phi) is 8.32. The number of ether oxygens (including phenoxy) is 1. The Balaban J connectivity index is 2.52. The Morgan fingerprint density at radius 2 is 1.92 bits per heavy atom. The van der Waals surface area contributed by atoms with Crippen molar-refractivity contribution < 1.29 is 24.2 Å². The summed E-state index contributed by atoms with van der Waals surface area (Å²) in [5.41, 5.74) is 0.748. The van der Waals surface area contributed by atoms with Crippen molar-refractivity contribution in [3.8, 4) is 0 Å². The fourth-order valence-corrected chi connectivity index (χ4v) is 1.96.